The Morgan fingerprint density at radius 3 is 2.47 bits per heavy atom. The van der Waals surface area contributed by atoms with Crippen LogP contribution >= 0.6 is 0 Å². The lowest BCUT2D eigenvalue weighted by Crippen LogP contribution is -2.62. The molecule has 3 N–H and O–H groups in total. The second-order valence-corrected chi connectivity index (χ2v) is 8.34. The Morgan fingerprint density at radius 1 is 1.12 bits per heavy atom. The third-order valence-corrected chi connectivity index (χ3v) is 6.37. The van der Waals surface area contributed by atoms with Crippen molar-refractivity contribution in [1.82, 2.24) is 4.90 Å². The maximum atomic E-state index is 13.3. The molecule has 0 aromatic heterocycles. The van der Waals surface area contributed by atoms with Gasteiger partial charge in [-0.25, -0.2) is 0 Å². The molecule has 0 saturated carbocycles. The van der Waals surface area contributed by atoms with Crippen LogP contribution in [0.5, 0.6) is 11.5 Å². The molecule has 4 rings (SSSR count). The first-order valence-corrected chi connectivity index (χ1v) is 10.8. The summed E-state index contributed by atoms with van der Waals surface area (Å²) in [5, 5.41) is 2.68. The summed E-state index contributed by atoms with van der Waals surface area (Å²) in [6, 6.07) is 9.83. The molecular weight excluding hydrogens is 440 g/mol. The van der Waals surface area contributed by atoms with Crippen LogP contribution < -0.4 is 25.4 Å². The fourth-order valence-electron chi connectivity index (χ4n) is 4.65. The number of fused-ring (bicyclic) bond motifs is 3. The van der Waals surface area contributed by atoms with Crippen molar-refractivity contribution >= 4 is 35.0 Å². The van der Waals surface area contributed by atoms with E-state index < -0.39 is 17.5 Å². The summed E-state index contributed by atoms with van der Waals surface area (Å²) >= 11 is 0. The van der Waals surface area contributed by atoms with Crippen molar-refractivity contribution in [3.05, 3.63) is 47.5 Å². The molecule has 2 heterocycles. The van der Waals surface area contributed by atoms with Crippen LogP contribution in [0, 0.1) is 0 Å². The molecule has 10 heteroatoms. The molecule has 10 nitrogen and oxygen atoms in total. The third kappa shape index (κ3) is 3.70. The molecule has 2 aliphatic heterocycles. The second-order valence-electron chi connectivity index (χ2n) is 8.34. The summed E-state index contributed by atoms with van der Waals surface area (Å²) in [6.45, 7) is 1.92. The molecule has 1 unspecified atom stereocenters. The van der Waals surface area contributed by atoms with Gasteiger partial charge in [0, 0.05) is 25.5 Å². The number of nitrogens with zero attached hydrogens (tertiary/aromatic N) is 2. The Labute approximate surface area is 196 Å². The summed E-state index contributed by atoms with van der Waals surface area (Å²) < 4.78 is 10.4. The molecule has 1 fully saturated rings. The van der Waals surface area contributed by atoms with Crippen molar-refractivity contribution in [1.29, 1.82) is 0 Å². The van der Waals surface area contributed by atoms with Gasteiger partial charge < -0.3 is 25.4 Å². The first-order chi connectivity index (χ1) is 16.2. The number of para-hydroxylation sites is 1. The molecule has 0 bridgehead atoms. The molecule has 1 saturated heterocycles. The van der Waals surface area contributed by atoms with Gasteiger partial charge in [-0.2, -0.15) is 0 Å². The number of nitrogens with one attached hydrogen (secondary N) is 1. The Hall–Kier alpha value is -4.08. The zero-order valence-corrected chi connectivity index (χ0v) is 19.2. The van der Waals surface area contributed by atoms with Crippen LogP contribution in [0.25, 0.3) is 0 Å². The van der Waals surface area contributed by atoms with Crippen LogP contribution in [-0.4, -0.2) is 55.0 Å². The summed E-state index contributed by atoms with van der Waals surface area (Å²) in [5.41, 5.74) is 5.87. The number of amides is 4. The summed E-state index contributed by atoms with van der Waals surface area (Å²) in [6.07, 6.45) is 0.724. The van der Waals surface area contributed by atoms with Gasteiger partial charge in [0.1, 0.15) is 5.66 Å². The van der Waals surface area contributed by atoms with Crippen LogP contribution in [0.1, 0.15) is 46.9 Å². The summed E-state index contributed by atoms with van der Waals surface area (Å²) in [4.78, 5) is 54.0. The Bertz CT molecular complexity index is 1200. The van der Waals surface area contributed by atoms with E-state index in [9.17, 15) is 19.2 Å². The first-order valence-electron chi connectivity index (χ1n) is 10.8. The normalized spacial score (nSPS) is 18.9. The number of ether oxygens (including phenoxy) is 2. The lowest BCUT2D eigenvalue weighted by Gasteiger charge is -2.48. The van der Waals surface area contributed by atoms with Gasteiger partial charge in [0.25, 0.3) is 11.8 Å². The van der Waals surface area contributed by atoms with Crippen molar-refractivity contribution < 1.29 is 28.7 Å². The zero-order valence-electron chi connectivity index (χ0n) is 19.2. The van der Waals surface area contributed by atoms with Crippen LogP contribution in [0.2, 0.25) is 0 Å². The van der Waals surface area contributed by atoms with Gasteiger partial charge >= 0.3 is 0 Å². The van der Waals surface area contributed by atoms with Crippen LogP contribution in [0.15, 0.2) is 36.4 Å². The Kier molecular flexibility index (Phi) is 5.90. The van der Waals surface area contributed by atoms with Gasteiger partial charge in [0.05, 0.1) is 36.7 Å². The highest BCUT2D eigenvalue weighted by Crippen LogP contribution is 2.44. The largest absolute Gasteiger partial charge is 0.493 e. The third-order valence-electron chi connectivity index (χ3n) is 6.37. The number of carbonyl (C=O) groups excluding carboxylic acids is 4. The van der Waals surface area contributed by atoms with E-state index in [0.29, 0.717) is 35.6 Å². The standard InChI is InChI=1S/C24H26N4O6/c1-24-10-8-21(30)28(24)17-7-5-4-6-14(17)23(32)27(24)11-9-20(29)26-16-13-19(34-3)18(33-2)12-15(16)22(25)31/h4-7,12-13H,8-11H2,1-3H3,(H2,25,31)(H,26,29). The number of anilines is 2. The molecule has 2 aromatic rings. The molecule has 2 aliphatic rings. The SMILES string of the molecule is COc1cc(NC(=O)CCN2C(=O)c3ccccc3N3C(=O)CCC23C)c(C(N)=O)cc1OC. The smallest absolute Gasteiger partial charge is 0.257 e. The average molecular weight is 466 g/mol. The number of nitrogens with two attached hydrogens (primary N) is 1. The van der Waals surface area contributed by atoms with E-state index >= 15 is 0 Å². The summed E-state index contributed by atoms with van der Waals surface area (Å²) in [5.74, 6) is -0.856. The second kappa shape index (κ2) is 8.69. The highest BCUT2D eigenvalue weighted by atomic mass is 16.5. The number of primary amides is 1. The van der Waals surface area contributed by atoms with Gasteiger partial charge in [-0.1, -0.05) is 12.1 Å². The van der Waals surface area contributed by atoms with E-state index in [-0.39, 0.29) is 36.0 Å². The first kappa shape index (κ1) is 23.1. The van der Waals surface area contributed by atoms with E-state index in [0.717, 1.165) is 0 Å². The summed E-state index contributed by atoms with van der Waals surface area (Å²) in [7, 11) is 2.86. The fraction of sp³-hybridized carbons (Fsp3) is 0.333. The molecule has 0 radical (unpaired) electrons. The van der Waals surface area contributed by atoms with Gasteiger partial charge in [-0.15, -0.1) is 0 Å². The van der Waals surface area contributed by atoms with Crippen molar-refractivity contribution in [3.63, 3.8) is 0 Å². The van der Waals surface area contributed by atoms with Crippen molar-refractivity contribution in [2.24, 2.45) is 5.73 Å². The van der Waals surface area contributed by atoms with Gasteiger partial charge in [0.15, 0.2) is 11.5 Å². The predicted octanol–water partition coefficient (Wildman–Crippen LogP) is 2.13. The highest BCUT2D eigenvalue weighted by Gasteiger charge is 2.52. The minimum Gasteiger partial charge on any atom is -0.493 e. The Morgan fingerprint density at radius 2 is 1.79 bits per heavy atom. The van der Waals surface area contributed by atoms with Gasteiger partial charge in [-0.3, -0.25) is 24.1 Å². The van der Waals surface area contributed by atoms with Gasteiger partial charge in [-0.05, 0) is 31.5 Å². The van der Waals surface area contributed by atoms with E-state index in [4.69, 9.17) is 15.2 Å². The van der Waals surface area contributed by atoms with E-state index in [1.165, 1.54) is 26.4 Å². The number of rotatable bonds is 7. The van der Waals surface area contributed by atoms with E-state index in [1.54, 1.807) is 34.1 Å². The Balaban J connectivity index is 1.56. The molecule has 2 aromatic carbocycles. The van der Waals surface area contributed by atoms with Crippen molar-refractivity contribution in [3.8, 4) is 11.5 Å². The number of hydrogen-bond donors (Lipinski definition) is 2. The average Bonchev–Trinajstić information content (AvgIpc) is 3.13. The van der Waals surface area contributed by atoms with E-state index in [2.05, 4.69) is 5.32 Å². The molecular formula is C24H26N4O6. The molecule has 0 spiro atoms. The lowest BCUT2D eigenvalue weighted by molar-refractivity contribution is -0.117. The highest BCUT2D eigenvalue weighted by molar-refractivity contribution is 6.10. The topological polar surface area (TPSA) is 131 Å². The van der Waals surface area contributed by atoms with Crippen LogP contribution in [-0.2, 0) is 9.59 Å². The zero-order chi connectivity index (χ0) is 24.6. The predicted molar refractivity (Wildman–Crippen MR) is 124 cm³/mol. The maximum absolute atomic E-state index is 13.3. The molecule has 4 amide bonds. The number of hydrogen-bond acceptors (Lipinski definition) is 6. The lowest BCUT2D eigenvalue weighted by atomic mass is 9.98. The number of methoxy groups -OCH3 is 2. The number of carbonyl (C=O) groups is 4. The monoisotopic (exact) mass is 466 g/mol. The molecule has 178 valence electrons. The molecule has 0 aliphatic carbocycles. The maximum Gasteiger partial charge on any atom is 0.257 e. The van der Waals surface area contributed by atoms with Crippen molar-refractivity contribution in [2.75, 3.05) is 31.0 Å². The van der Waals surface area contributed by atoms with Crippen LogP contribution in [0.4, 0.5) is 11.4 Å². The molecule has 34 heavy (non-hydrogen) atoms. The molecule has 1 atom stereocenters. The fourth-order valence-corrected chi connectivity index (χ4v) is 4.65. The van der Waals surface area contributed by atoms with E-state index in [1.807, 2.05) is 6.92 Å². The van der Waals surface area contributed by atoms with Crippen LogP contribution in [0.3, 0.4) is 0 Å². The minimum atomic E-state index is -0.857. The number of benzene rings is 2. The van der Waals surface area contributed by atoms with Crippen molar-refractivity contribution in [2.45, 2.75) is 31.8 Å². The van der Waals surface area contributed by atoms with Gasteiger partial charge in [0.2, 0.25) is 11.8 Å². The quantitative estimate of drug-likeness (QED) is 0.643. The minimum absolute atomic E-state index is 0.0575.